The first-order valence-corrected chi connectivity index (χ1v) is 9.48. The van der Waals surface area contributed by atoms with Gasteiger partial charge in [-0.3, -0.25) is 9.78 Å². The molecule has 3 heterocycles. The molecule has 0 fully saturated rings. The van der Waals surface area contributed by atoms with Gasteiger partial charge < -0.3 is 21.1 Å². The molecule has 0 saturated carbocycles. The molecule has 5 N–H and O–H groups in total. The fraction of sp³-hybridized carbons (Fsp3) is 0.278. The molecule has 29 heavy (non-hydrogen) atoms. The van der Waals surface area contributed by atoms with Gasteiger partial charge in [0.2, 0.25) is 0 Å². The molecule has 0 bridgehead atoms. The van der Waals surface area contributed by atoms with Crippen LogP contribution in [-0.2, 0) is 12.6 Å². The quantitative estimate of drug-likeness (QED) is 0.464. The maximum Gasteiger partial charge on any atom is 0.417 e. The molecule has 0 spiro atoms. The summed E-state index contributed by atoms with van der Waals surface area (Å²) in [5.74, 6) is -0.433. The van der Waals surface area contributed by atoms with Crippen molar-refractivity contribution >= 4 is 17.2 Å². The predicted molar refractivity (Wildman–Crippen MR) is 101 cm³/mol. The zero-order valence-electron chi connectivity index (χ0n) is 15.0. The van der Waals surface area contributed by atoms with Crippen molar-refractivity contribution in [3.63, 3.8) is 0 Å². The number of aliphatic hydroxyl groups excluding tert-OH is 1. The third-order valence-electron chi connectivity index (χ3n) is 4.07. The number of nitrogens with zero attached hydrogens (tertiary/aromatic N) is 2. The van der Waals surface area contributed by atoms with E-state index < -0.39 is 23.7 Å². The maximum atomic E-state index is 12.6. The van der Waals surface area contributed by atoms with Gasteiger partial charge in [0.05, 0.1) is 28.7 Å². The van der Waals surface area contributed by atoms with Crippen LogP contribution in [-0.4, -0.2) is 39.1 Å². The number of aromatic nitrogens is 3. The number of alkyl halides is 3. The lowest BCUT2D eigenvalue weighted by atomic mass is 10.2. The second kappa shape index (κ2) is 8.72. The molecule has 3 aromatic heterocycles. The molecule has 7 nitrogen and oxygen atoms in total. The summed E-state index contributed by atoms with van der Waals surface area (Å²) >= 11 is 1.34. The number of aliphatic hydroxyl groups is 1. The second-order valence-electron chi connectivity index (χ2n) is 6.13. The molecule has 1 unspecified atom stereocenters. The summed E-state index contributed by atoms with van der Waals surface area (Å²) < 4.78 is 37.9. The number of carbonyl (C=O) groups is 1. The highest BCUT2D eigenvalue weighted by Crippen LogP contribution is 2.29. The smallest absolute Gasteiger partial charge is 0.396 e. The molecule has 0 aliphatic heterocycles. The largest absolute Gasteiger partial charge is 0.417 e. The van der Waals surface area contributed by atoms with Crippen molar-refractivity contribution in [1.29, 1.82) is 0 Å². The number of hydrogen-bond donors (Lipinski definition) is 4. The van der Waals surface area contributed by atoms with Crippen LogP contribution in [0.4, 0.5) is 13.2 Å². The van der Waals surface area contributed by atoms with Crippen LogP contribution in [0.3, 0.4) is 0 Å². The molecule has 154 valence electrons. The van der Waals surface area contributed by atoms with Crippen LogP contribution in [0.1, 0.15) is 32.8 Å². The van der Waals surface area contributed by atoms with E-state index in [1.807, 2.05) is 0 Å². The van der Waals surface area contributed by atoms with Crippen LogP contribution < -0.4 is 11.1 Å². The van der Waals surface area contributed by atoms with Gasteiger partial charge in [-0.05, 0) is 24.3 Å². The summed E-state index contributed by atoms with van der Waals surface area (Å²) in [6.07, 6.45) is -3.30. The van der Waals surface area contributed by atoms with Gasteiger partial charge in [0.1, 0.15) is 10.7 Å². The monoisotopic (exact) mass is 425 g/mol. The number of amides is 1. The number of H-pyrrole nitrogens is 1. The molecule has 0 radical (unpaired) electrons. The van der Waals surface area contributed by atoms with Crippen LogP contribution in [0.2, 0.25) is 0 Å². The average Bonchev–Trinajstić information content (AvgIpc) is 3.36. The molecule has 0 aliphatic carbocycles. The molecule has 1 atom stereocenters. The molecular formula is C18H18F3N5O2S. The lowest BCUT2D eigenvalue weighted by Crippen LogP contribution is -2.33. The van der Waals surface area contributed by atoms with E-state index in [-0.39, 0.29) is 24.5 Å². The molecule has 3 rings (SSSR count). The number of rotatable bonds is 7. The minimum Gasteiger partial charge on any atom is -0.396 e. The SMILES string of the molecule is NCC(NC(=O)c1ccc(-c2ccc(C(F)(F)F)cn2)[nH]1)c1nc(CCO)cs1. The van der Waals surface area contributed by atoms with E-state index >= 15 is 0 Å². The Bertz CT molecular complexity index is 969. The number of thiazole rings is 1. The van der Waals surface area contributed by atoms with Crippen molar-refractivity contribution in [3.8, 4) is 11.4 Å². The topological polar surface area (TPSA) is 117 Å². The Balaban J connectivity index is 1.71. The first kappa shape index (κ1) is 21.0. The summed E-state index contributed by atoms with van der Waals surface area (Å²) in [5, 5.41) is 14.2. The van der Waals surface area contributed by atoms with Gasteiger partial charge in [0, 0.05) is 31.1 Å². The number of hydrogen-bond acceptors (Lipinski definition) is 6. The average molecular weight is 425 g/mol. The Kier molecular flexibility index (Phi) is 6.30. The van der Waals surface area contributed by atoms with Gasteiger partial charge in [0.15, 0.2) is 0 Å². The zero-order valence-corrected chi connectivity index (χ0v) is 15.8. The molecule has 0 aliphatic rings. The van der Waals surface area contributed by atoms with Gasteiger partial charge >= 0.3 is 6.18 Å². The summed E-state index contributed by atoms with van der Waals surface area (Å²) in [4.78, 5) is 23.5. The molecule has 1 amide bonds. The number of aromatic amines is 1. The van der Waals surface area contributed by atoms with Crippen LogP contribution in [0, 0.1) is 0 Å². The number of nitrogens with two attached hydrogens (primary N) is 1. The minimum atomic E-state index is -4.46. The second-order valence-corrected chi connectivity index (χ2v) is 7.02. The van der Waals surface area contributed by atoms with Gasteiger partial charge in [-0.2, -0.15) is 13.2 Å². The van der Waals surface area contributed by atoms with Gasteiger partial charge in [0.25, 0.3) is 5.91 Å². The van der Waals surface area contributed by atoms with E-state index in [1.165, 1.54) is 23.5 Å². The van der Waals surface area contributed by atoms with E-state index in [2.05, 4.69) is 20.3 Å². The fourth-order valence-corrected chi connectivity index (χ4v) is 3.48. The Morgan fingerprint density at radius 2 is 2.10 bits per heavy atom. The highest BCUT2D eigenvalue weighted by molar-refractivity contribution is 7.09. The molecule has 0 saturated heterocycles. The fourth-order valence-electron chi connectivity index (χ4n) is 2.57. The van der Waals surface area contributed by atoms with Crippen molar-refractivity contribution in [3.05, 3.63) is 57.8 Å². The molecule has 3 aromatic rings. The Morgan fingerprint density at radius 3 is 2.72 bits per heavy atom. The van der Waals surface area contributed by atoms with E-state index in [9.17, 15) is 18.0 Å². The normalized spacial score (nSPS) is 12.7. The van der Waals surface area contributed by atoms with E-state index in [1.54, 1.807) is 11.4 Å². The third kappa shape index (κ3) is 5.00. The molecular weight excluding hydrogens is 407 g/mol. The van der Waals surface area contributed by atoms with E-state index in [0.29, 0.717) is 17.1 Å². The number of halogens is 3. The number of pyridine rings is 1. The first-order chi connectivity index (χ1) is 13.8. The van der Waals surface area contributed by atoms with Gasteiger partial charge in [-0.15, -0.1) is 11.3 Å². The molecule has 0 aromatic carbocycles. The van der Waals surface area contributed by atoms with Gasteiger partial charge in [-0.25, -0.2) is 4.98 Å². The number of carbonyl (C=O) groups excluding carboxylic acids is 1. The highest BCUT2D eigenvalue weighted by atomic mass is 32.1. The van der Waals surface area contributed by atoms with Crippen LogP contribution >= 0.6 is 11.3 Å². The van der Waals surface area contributed by atoms with E-state index in [0.717, 1.165) is 18.0 Å². The third-order valence-corrected chi connectivity index (χ3v) is 5.08. The lowest BCUT2D eigenvalue weighted by Gasteiger charge is -2.13. The lowest BCUT2D eigenvalue weighted by molar-refractivity contribution is -0.137. The van der Waals surface area contributed by atoms with Crippen LogP contribution in [0.5, 0.6) is 0 Å². The Morgan fingerprint density at radius 1 is 1.31 bits per heavy atom. The van der Waals surface area contributed by atoms with E-state index in [4.69, 9.17) is 10.8 Å². The van der Waals surface area contributed by atoms with Crippen molar-refractivity contribution in [2.24, 2.45) is 5.73 Å². The Labute approximate surface area is 167 Å². The van der Waals surface area contributed by atoms with Crippen molar-refractivity contribution < 1.29 is 23.1 Å². The van der Waals surface area contributed by atoms with Crippen molar-refractivity contribution in [2.75, 3.05) is 13.2 Å². The summed E-state index contributed by atoms with van der Waals surface area (Å²) in [6, 6.07) is 4.73. The predicted octanol–water partition coefficient (Wildman–Crippen LogP) is 2.52. The minimum absolute atomic E-state index is 0.0218. The summed E-state index contributed by atoms with van der Waals surface area (Å²) in [7, 11) is 0. The first-order valence-electron chi connectivity index (χ1n) is 8.60. The summed E-state index contributed by atoms with van der Waals surface area (Å²) in [5.41, 5.74) is 6.53. The van der Waals surface area contributed by atoms with Crippen molar-refractivity contribution in [1.82, 2.24) is 20.3 Å². The zero-order chi connectivity index (χ0) is 21.0. The Hall–Kier alpha value is -2.76. The van der Waals surface area contributed by atoms with Gasteiger partial charge in [-0.1, -0.05) is 0 Å². The maximum absolute atomic E-state index is 12.6. The van der Waals surface area contributed by atoms with Crippen molar-refractivity contribution in [2.45, 2.75) is 18.6 Å². The molecule has 11 heteroatoms. The summed E-state index contributed by atoms with van der Waals surface area (Å²) in [6.45, 7) is 0.109. The highest BCUT2D eigenvalue weighted by Gasteiger charge is 2.30. The van der Waals surface area contributed by atoms with Crippen LogP contribution in [0.15, 0.2) is 35.8 Å². The number of nitrogens with one attached hydrogen (secondary N) is 2. The van der Waals surface area contributed by atoms with Crippen LogP contribution in [0.25, 0.3) is 11.4 Å². The standard InChI is InChI=1S/C18H18F3N5O2S/c19-18(20,21)10-1-2-12(23-8-10)13-3-4-14(25-13)16(28)26-15(7-22)17-24-11(5-6-27)9-29-17/h1-4,8-9,15,25,27H,5-7,22H2,(H,26,28).